The van der Waals surface area contributed by atoms with Gasteiger partial charge in [0.05, 0.1) is 38.6 Å². The van der Waals surface area contributed by atoms with Gasteiger partial charge < -0.3 is 89.9 Å². The number of aliphatic hydroxyl groups excluding tert-OH is 11. The maximum Gasteiger partial charge on any atom is 0.220 e. The molecule has 0 aromatic heterocycles. The van der Waals surface area contributed by atoms with Crippen LogP contribution < -0.4 is 5.32 Å². The molecule has 3 fully saturated rings. The summed E-state index contributed by atoms with van der Waals surface area (Å²) in [6.45, 7) is 1.63. The van der Waals surface area contributed by atoms with Crippen LogP contribution in [0.25, 0.3) is 0 Å². The first kappa shape index (κ1) is 73.5. The van der Waals surface area contributed by atoms with Crippen molar-refractivity contribution in [2.24, 2.45) is 0 Å². The van der Waals surface area contributed by atoms with Crippen molar-refractivity contribution in [1.29, 1.82) is 0 Å². The molecule has 0 aromatic rings. The summed E-state index contributed by atoms with van der Waals surface area (Å²) >= 11 is 0. The summed E-state index contributed by atoms with van der Waals surface area (Å²) < 4.78 is 34.2. The van der Waals surface area contributed by atoms with E-state index >= 15 is 0 Å². The first-order valence-electron chi connectivity index (χ1n) is 32.1. The number of aliphatic hydroxyl groups is 11. The van der Waals surface area contributed by atoms with Crippen LogP contribution in [0.2, 0.25) is 0 Å². The molecule has 476 valence electrons. The Hall–Kier alpha value is -1.73. The zero-order chi connectivity index (χ0) is 59.0. The van der Waals surface area contributed by atoms with Gasteiger partial charge in [0.25, 0.3) is 0 Å². The molecule has 3 heterocycles. The maximum atomic E-state index is 13.3. The Bertz CT molecular complexity index is 1580. The molecule has 0 saturated carbocycles. The van der Waals surface area contributed by atoms with Crippen LogP contribution in [0.4, 0.5) is 0 Å². The number of carbonyl (C=O) groups excluding carboxylic acids is 1. The molecular formula is C62H115NO18. The summed E-state index contributed by atoms with van der Waals surface area (Å²) in [7, 11) is 0. The van der Waals surface area contributed by atoms with Crippen molar-refractivity contribution in [2.75, 3.05) is 26.4 Å². The Morgan fingerprint density at radius 2 is 0.790 bits per heavy atom. The average molecular weight is 1160 g/mol. The van der Waals surface area contributed by atoms with Crippen LogP contribution in [0.15, 0.2) is 24.3 Å². The number of allylic oxidation sites excluding steroid dienone is 3. The van der Waals surface area contributed by atoms with Crippen LogP contribution in [0, 0.1) is 0 Å². The quantitative estimate of drug-likeness (QED) is 0.0222. The summed E-state index contributed by atoms with van der Waals surface area (Å²) in [5.41, 5.74) is 0. The van der Waals surface area contributed by atoms with Crippen LogP contribution >= 0.6 is 0 Å². The minimum Gasteiger partial charge on any atom is -0.394 e. The van der Waals surface area contributed by atoms with Crippen LogP contribution in [-0.2, 0) is 33.2 Å². The van der Waals surface area contributed by atoms with Crippen LogP contribution in [0.5, 0.6) is 0 Å². The Kier molecular flexibility index (Phi) is 41.4. The maximum absolute atomic E-state index is 13.3. The van der Waals surface area contributed by atoms with E-state index in [-0.39, 0.29) is 18.9 Å². The van der Waals surface area contributed by atoms with Gasteiger partial charge in [0.2, 0.25) is 5.91 Å². The summed E-state index contributed by atoms with van der Waals surface area (Å²) in [6.07, 6.45) is 22.2. The van der Waals surface area contributed by atoms with Gasteiger partial charge in [-0.05, 0) is 25.7 Å². The van der Waals surface area contributed by atoms with Gasteiger partial charge in [0.15, 0.2) is 18.9 Å². The first-order valence-corrected chi connectivity index (χ1v) is 32.1. The van der Waals surface area contributed by atoms with E-state index in [9.17, 15) is 61.0 Å². The Labute approximate surface area is 486 Å². The second kappa shape index (κ2) is 45.6. The number of ether oxygens (including phenoxy) is 6. The zero-order valence-corrected chi connectivity index (χ0v) is 49.8. The van der Waals surface area contributed by atoms with Gasteiger partial charge in [-0.3, -0.25) is 4.79 Å². The molecule has 81 heavy (non-hydrogen) atoms. The summed E-state index contributed by atoms with van der Waals surface area (Å²) in [4.78, 5) is 13.3. The highest BCUT2D eigenvalue weighted by Crippen LogP contribution is 2.33. The Balaban J connectivity index is 1.36. The smallest absolute Gasteiger partial charge is 0.220 e. The molecule has 17 atom stereocenters. The summed E-state index contributed by atoms with van der Waals surface area (Å²) in [6, 6.07) is -0.983. The largest absolute Gasteiger partial charge is 0.394 e. The fourth-order valence-electron chi connectivity index (χ4n) is 11.0. The molecule has 3 rings (SSSR count). The molecule has 3 aliphatic rings. The number of amides is 1. The second-order valence-corrected chi connectivity index (χ2v) is 23.2. The number of unbranched alkanes of at least 4 members (excludes halogenated alkanes) is 30. The molecule has 17 unspecified atom stereocenters. The predicted molar refractivity (Wildman–Crippen MR) is 310 cm³/mol. The van der Waals surface area contributed by atoms with Crippen molar-refractivity contribution in [3.8, 4) is 0 Å². The molecule has 12 N–H and O–H groups in total. The molecule has 1 amide bonds. The molecular weight excluding hydrogens is 1050 g/mol. The summed E-state index contributed by atoms with van der Waals surface area (Å²) in [5.74, 6) is -0.285. The third kappa shape index (κ3) is 29.0. The van der Waals surface area contributed by atoms with Gasteiger partial charge in [0, 0.05) is 6.42 Å². The normalized spacial score (nSPS) is 29.9. The second-order valence-electron chi connectivity index (χ2n) is 23.2. The van der Waals surface area contributed by atoms with Crippen LogP contribution in [0.3, 0.4) is 0 Å². The molecule has 3 saturated heterocycles. The predicted octanol–water partition coefficient (Wildman–Crippen LogP) is 6.71. The van der Waals surface area contributed by atoms with Crippen molar-refractivity contribution in [1.82, 2.24) is 5.32 Å². The molecule has 0 aromatic carbocycles. The highest BCUT2D eigenvalue weighted by atomic mass is 16.8. The molecule has 0 aliphatic carbocycles. The number of rotatable bonds is 48. The van der Waals surface area contributed by atoms with E-state index in [1.54, 1.807) is 6.08 Å². The van der Waals surface area contributed by atoms with Gasteiger partial charge in [0.1, 0.15) is 73.2 Å². The first-order chi connectivity index (χ1) is 39.3. The molecule has 3 aliphatic heterocycles. The van der Waals surface area contributed by atoms with Crippen LogP contribution in [0.1, 0.15) is 232 Å². The van der Waals surface area contributed by atoms with Gasteiger partial charge in [-0.15, -0.1) is 0 Å². The zero-order valence-electron chi connectivity index (χ0n) is 49.8. The van der Waals surface area contributed by atoms with Gasteiger partial charge >= 0.3 is 0 Å². The van der Waals surface area contributed by atoms with Gasteiger partial charge in [-0.1, -0.05) is 224 Å². The van der Waals surface area contributed by atoms with E-state index in [0.29, 0.717) is 12.8 Å². The third-order valence-electron chi connectivity index (χ3n) is 16.3. The lowest BCUT2D eigenvalue weighted by molar-refractivity contribution is -0.379. The van der Waals surface area contributed by atoms with Crippen molar-refractivity contribution < 1.29 is 89.4 Å². The van der Waals surface area contributed by atoms with E-state index in [1.807, 2.05) is 6.08 Å². The van der Waals surface area contributed by atoms with Crippen molar-refractivity contribution in [3.63, 3.8) is 0 Å². The van der Waals surface area contributed by atoms with E-state index in [0.717, 1.165) is 44.9 Å². The fraction of sp³-hybridized carbons (Fsp3) is 0.919. The topological polar surface area (TPSA) is 307 Å². The van der Waals surface area contributed by atoms with Crippen LogP contribution in [-0.4, -0.2) is 193 Å². The Morgan fingerprint density at radius 1 is 0.432 bits per heavy atom. The third-order valence-corrected chi connectivity index (χ3v) is 16.3. The minimum atomic E-state index is -1.98. The molecule has 0 spiro atoms. The lowest BCUT2D eigenvalue weighted by atomic mass is 9.96. The highest BCUT2D eigenvalue weighted by Gasteiger charge is 2.53. The summed E-state index contributed by atoms with van der Waals surface area (Å²) in [5, 5.41) is 120. The Morgan fingerprint density at radius 3 is 1.22 bits per heavy atom. The number of hydrogen-bond acceptors (Lipinski definition) is 18. The number of nitrogens with one attached hydrogen (secondary N) is 1. The average Bonchev–Trinajstić information content (AvgIpc) is 3.46. The van der Waals surface area contributed by atoms with Crippen molar-refractivity contribution in [3.05, 3.63) is 24.3 Å². The lowest BCUT2D eigenvalue weighted by Gasteiger charge is -2.48. The monoisotopic (exact) mass is 1160 g/mol. The van der Waals surface area contributed by atoms with E-state index in [1.165, 1.54) is 154 Å². The standard InChI is InChI=1S/C62H115NO18/c1-3-5-7-9-11-13-14-15-16-17-18-19-20-21-22-23-24-25-26-27-28-29-30-31-32-34-36-38-40-50(68)63-45(46(67)39-37-35-33-12-10-8-6-4-2)44-76-60-56(74)53(71)58(48(42-65)78-60)81-62-57(75)54(72)59(49(43-66)79-62)80-61-55(73)52(70)51(69)47(41-64)77-61/h10,12,37,39,45-49,51-62,64-67,69-75H,3-9,11,13-36,38,40-44H2,1-2H3,(H,63,68)/b12-10+,39-37+. The minimum absolute atomic E-state index is 0.239. The van der Waals surface area contributed by atoms with Crippen molar-refractivity contribution in [2.45, 2.75) is 336 Å². The van der Waals surface area contributed by atoms with E-state index < -0.39 is 124 Å². The van der Waals surface area contributed by atoms with E-state index in [2.05, 4.69) is 31.3 Å². The van der Waals surface area contributed by atoms with Gasteiger partial charge in [-0.2, -0.15) is 0 Å². The molecule has 0 bridgehead atoms. The molecule has 19 nitrogen and oxygen atoms in total. The number of hydrogen-bond donors (Lipinski definition) is 12. The highest BCUT2D eigenvalue weighted by molar-refractivity contribution is 5.76. The molecule has 0 radical (unpaired) electrons. The van der Waals surface area contributed by atoms with Gasteiger partial charge in [-0.25, -0.2) is 0 Å². The number of carbonyl (C=O) groups is 1. The van der Waals surface area contributed by atoms with Crippen molar-refractivity contribution >= 4 is 5.91 Å². The van der Waals surface area contributed by atoms with E-state index in [4.69, 9.17) is 28.4 Å². The SMILES string of the molecule is CCCC/C=C/CC/C=C/C(O)C(COC1OC(CO)C(OC2OC(CO)C(OC3OC(CO)C(O)C(O)C3O)C(O)C2O)C(O)C1O)NC(=O)CCCCCCCCCCCCCCCCCCCCCCCCCCCCCC. The lowest BCUT2D eigenvalue weighted by Crippen LogP contribution is -2.66. The molecule has 19 heteroatoms. The fourth-order valence-corrected chi connectivity index (χ4v) is 11.0.